The third-order valence-electron chi connectivity index (χ3n) is 4.39. The number of carbonyl (C=O) groups excluding carboxylic acids is 1. The molecule has 0 spiro atoms. The van der Waals surface area contributed by atoms with E-state index >= 15 is 0 Å². The van der Waals surface area contributed by atoms with E-state index in [1.54, 1.807) is 7.11 Å². The fourth-order valence-corrected chi connectivity index (χ4v) is 3.13. The highest BCUT2D eigenvalue weighted by Crippen LogP contribution is 2.28. The summed E-state index contributed by atoms with van der Waals surface area (Å²) in [6, 6.07) is 17.1. The molecule has 0 radical (unpaired) electrons. The van der Waals surface area contributed by atoms with Crippen molar-refractivity contribution in [1.82, 2.24) is 10.2 Å². The van der Waals surface area contributed by atoms with Crippen LogP contribution in [0.2, 0.25) is 0 Å². The third-order valence-corrected chi connectivity index (χ3v) is 4.39. The third kappa shape index (κ3) is 3.85. The Morgan fingerprint density at radius 2 is 1.77 bits per heavy atom. The van der Waals surface area contributed by atoms with Gasteiger partial charge in [-0.15, -0.1) is 0 Å². The number of hydrogen-bond donors (Lipinski definition) is 3. The molecule has 4 N–H and O–H groups in total. The molecule has 3 rings (SSSR count). The molecule has 0 unspecified atom stereocenters. The second kappa shape index (κ2) is 7.74. The van der Waals surface area contributed by atoms with Crippen LogP contribution in [0.25, 0.3) is 0 Å². The van der Waals surface area contributed by atoms with Crippen LogP contribution in [0.1, 0.15) is 34.7 Å². The van der Waals surface area contributed by atoms with E-state index in [4.69, 9.17) is 10.5 Å². The Morgan fingerprint density at radius 1 is 1.08 bits per heavy atom. The summed E-state index contributed by atoms with van der Waals surface area (Å²) in [5.74, 6) is -0.0702. The molecule has 1 atom stereocenters. The standard InChI is InChI=1S/C20H21N3O3/c1-26-15-9-7-13(8-10-15)11-17-19(20(25)23-22-17)16(12-18(21)24)14-5-3-2-4-6-14/h2-10,16H,11-12H2,1H3,(H2,21,24)(H2,22,23,25)/t16-/m1/s1. The monoisotopic (exact) mass is 351 g/mol. The SMILES string of the molecule is COc1ccc(Cc2[nH][nH]c(=O)c2[C@H](CC(N)=O)c2ccccc2)cc1. The minimum absolute atomic E-state index is 0.0700. The van der Waals surface area contributed by atoms with E-state index in [1.807, 2.05) is 54.6 Å². The zero-order chi connectivity index (χ0) is 18.5. The lowest BCUT2D eigenvalue weighted by Gasteiger charge is -2.16. The lowest BCUT2D eigenvalue weighted by molar-refractivity contribution is -0.118. The summed E-state index contributed by atoms with van der Waals surface area (Å²) in [5, 5.41) is 5.60. The molecule has 1 heterocycles. The summed E-state index contributed by atoms with van der Waals surface area (Å²) in [4.78, 5) is 24.1. The predicted octanol–water partition coefficient (Wildman–Crippen LogP) is 2.31. The lowest BCUT2D eigenvalue weighted by Crippen LogP contribution is -2.21. The second-order valence-corrected chi connectivity index (χ2v) is 6.13. The van der Waals surface area contributed by atoms with Crippen LogP contribution in [0.3, 0.4) is 0 Å². The van der Waals surface area contributed by atoms with Gasteiger partial charge >= 0.3 is 0 Å². The van der Waals surface area contributed by atoms with E-state index in [0.717, 1.165) is 22.6 Å². The summed E-state index contributed by atoms with van der Waals surface area (Å²) in [5.41, 5.74) is 8.41. The number of H-pyrrole nitrogens is 2. The van der Waals surface area contributed by atoms with Crippen LogP contribution in [-0.2, 0) is 11.2 Å². The lowest BCUT2D eigenvalue weighted by atomic mass is 9.87. The summed E-state index contributed by atoms with van der Waals surface area (Å²) in [6.07, 6.45) is 0.598. The molecule has 1 aromatic heterocycles. The minimum Gasteiger partial charge on any atom is -0.497 e. The Morgan fingerprint density at radius 3 is 2.38 bits per heavy atom. The molecule has 26 heavy (non-hydrogen) atoms. The maximum Gasteiger partial charge on any atom is 0.267 e. The summed E-state index contributed by atoms with van der Waals surface area (Å²) < 4.78 is 5.17. The Hall–Kier alpha value is -3.28. The molecule has 0 saturated heterocycles. The number of nitrogens with one attached hydrogen (secondary N) is 2. The number of primary amides is 1. The van der Waals surface area contributed by atoms with Crippen molar-refractivity contribution in [1.29, 1.82) is 0 Å². The molecule has 0 saturated carbocycles. The predicted molar refractivity (Wildman–Crippen MR) is 99.3 cm³/mol. The molecule has 1 amide bonds. The van der Waals surface area contributed by atoms with Crippen LogP contribution < -0.4 is 16.0 Å². The van der Waals surface area contributed by atoms with Crippen LogP contribution in [-0.4, -0.2) is 23.2 Å². The quantitative estimate of drug-likeness (QED) is 0.609. The van der Waals surface area contributed by atoms with Gasteiger partial charge in [0, 0.05) is 30.0 Å². The average molecular weight is 351 g/mol. The van der Waals surface area contributed by atoms with Crippen LogP contribution in [0.4, 0.5) is 0 Å². The van der Waals surface area contributed by atoms with Crippen molar-refractivity contribution < 1.29 is 9.53 Å². The van der Waals surface area contributed by atoms with Gasteiger partial charge in [0.15, 0.2) is 0 Å². The van der Waals surface area contributed by atoms with E-state index in [1.165, 1.54) is 0 Å². The highest BCUT2D eigenvalue weighted by molar-refractivity contribution is 5.75. The molecule has 3 aromatic rings. The van der Waals surface area contributed by atoms with Crippen molar-refractivity contribution >= 4 is 5.91 Å². The van der Waals surface area contributed by atoms with Gasteiger partial charge in [-0.3, -0.25) is 14.7 Å². The van der Waals surface area contributed by atoms with Gasteiger partial charge in [-0.25, -0.2) is 0 Å². The first-order valence-corrected chi connectivity index (χ1v) is 8.34. The van der Waals surface area contributed by atoms with Crippen molar-refractivity contribution in [3.05, 3.63) is 87.3 Å². The van der Waals surface area contributed by atoms with Crippen molar-refractivity contribution in [2.75, 3.05) is 7.11 Å². The molecular weight excluding hydrogens is 330 g/mol. The molecule has 6 heteroatoms. The van der Waals surface area contributed by atoms with Crippen molar-refractivity contribution in [3.63, 3.8) is 0 Å². The van der Waals surface area contributed by atoms with Gasteiger partial charge in [0.2, 0.25) is 5.91 Å². The number of amides is 1. The fraction of sp³-hybridized carbons (Fsp3) is 0.200. The topological polar surface area (TPSA) is 101 Å². The highest BCUT2D eigenvalue weighted by atomic mass is 16.5. The highest BCUT2D eigenvalue weighted by Gasteiger charge is 2.24. The number of benzene rings is 2. The van der Waals surface area contributed by atoms with Crippen LogP contribution in [0.5, 0.6) is 5.75 Å². The zero-order valence-corrected chi connectivity index (χ0v) is 14.5. The van der Waals surface area contributed by atoms with Gasteiger partial charge in [0.05, 0.1) is 7.11 Å². The van der Waals surface area contributed by atoms with E-state index < -0.39 is 11.8 Å². The normalized spacial score (nSPS) is 11.9. The first-order chi connectivity index (χ1) is 12.6. The molecular formula is C20H21N3O3. The maximum atomic E-state index is 12.5. The Kier molecular flexibility index (Phi) is 5.22. The van der Waals surface area contributed by atoms with Crippen LogP contribution in [0, 0.1) is 0 Å². The van der Waals surface area contributed by atoms with E-state index in [0.29, 0.717) is 12.0 Å². The number of rotatable bonds is 7. The second-order valence-electron chi connectivity index (χ2n) is 6.13. The number of aromatic amines is 2. The summed E-state index contributed by atoms with van der Waals surface area (Å²) in [6.45, 7) is 0. The molecule has 0 aliphatic rings. The minimum atomic E-state index is -0.449. The van der Waals surface area contributed by atoms with Gasteiger partial charge < -0.3 is 15.6 Å². The number of ether oxygens (including phenoxy) is 1. The number of aromatic nitrogens is 2. The maximum absolute atomic E-state index is 12.5. The Balaban J connectivity index is 1.98. The number of hydrogen-bond acceptors (Lipinski definition) is 3. The molecule has 6 nitrogen and oxygen atoms in total. The summed E-state index contributed by atoms with van der Waals surface area (Å²) >= 11 is 0. The van der Waals surface area contributed by atoms with Crippen LogP contribution >= 0.6 is 0 Å². The van der Waals surface area contributed by atoms with Crippen molar-refractivity contribution in [2.24, 2.45) is 5.73 Å². The Bertz CT molecular complexity index is 927. The zero-order valence-electron chi connectivity index (χ0n) is 14.5. The molecule has 134 valence electrons. The molecule has 0 bridgehead atoms. The van der Waals surface area contributed by atoms with Crippen LogP contribution in [0.15, 0.2) is 59.4 Å². The number of carbonyl (C=O) groups is 1. The van der Waals surface area contributed by atoms with Gasteiger partial charge in [-0.1, -0.05) is 42.5 Å². The van der Waals surface area contributed by atoms with Gasteiger partial charge in [-0.05, 0) is 23.3 Å². The first-order valence-electron chi connectivity index (χ1n) is 8.34. The summed E-state index contributed by atoms with van der Waals surface area (Å²) in [7, 11) is 1.62. The number of methoxy groups -OCH3 is 1. The van der Waals surface area contributed by atoms with Gasteiger partial charge in [0.25, 0.3) is 5.56 Å². The fourth-order valence-electron chi connectivity index (χ4n) is 3.13. The number of nitrogens with two attached hydrogens (primary N) is 1. The van der Waals surface area contributed by atoms with Crippen molar-refractivity contribution in [3.8, 4) is 5.75 Å². The van der Waals surface area contributed by atoms with E-state index in [2.05, 4.69) is 10.2 Å². The van der Waals surface area contributed by atoms with Gasteiger partial charge in [-0.2, -0.15) is 0 Å². The molecule has 0 aliphatic carbocycles. The van der Waals surface area contributed by atoms with Gasteiger partial charge in [0.1, 0.15) is 5.75 Å². The molecule has 0 aliphatic heterocycles. The van der Waals surface area contributed by atoms with E-state index in [-0.39, 0.29) is 12.0 Å². The largest absolute Gasteiger partial charge is 0.497 e. The van der Waals surface area contributed by atoms with Crippen molar-refractivity contribution in [2.45, 2.75) is 18.8 Å². The smallest absolute Gasteiger partial charge is 0.267 e. The first kappa shape index (κ1) is 17.5. The van der Waals surface area contributed by atoms with E-state index in [9.17, 15) is 9.59 Å². The Labute approximate surface area is 151 Å². The molecule has 0 fully saturated rings. The average Bonchev–Trinajstić information content (AvgIpc) is 3.01. The molecule has 2 aromatic carbocycles.